The van der Waals surface area contributed by atoms with Crippen LogP contribution < -0.4 is 20.9 Å². The van der Waals surface area contributed by atoms with Crippen molar-refractivity contribution >= 4 is 45.1 Å². The molecule has 0 fully saturated rings. The van der Waals surface area contributed by atoms with Gasteiger partial charge in [0, 0.05) is 34.6 Å². The molecule has 4 amide bonds. The van der Waals surface area contributed by atoms with Crippen LogP contribution in [0.2, 0.25) is 0 Å². The third kappa shape index (κ3) is 7.51. The number of alkyl halides is 3. The molecule has 0 aliphatic heterocycles. The fourth-order valence-electron chi connectivity index (χ4n) is 3.10. The van der Waals surface area contributed by atoms with Gasteiger partial charge in [-0.3, -0.25) is 4.90 Å². The smallest absolute Gasteiger partial charge is 0.338 e. The van der Waals surface area contributed by atoms with Gasteiger partial charge in [0.05, 0.1) is 5.56 Å². The van der Waals surface area contributed by atoms with E-state index < -0.39 is 23.8 Å². The van der Waals surface area contributed by atoms with Gasteiger partial charge in [-0.05, 0) is 55.0 Å². The molecule has 0 aliphatic carbocycles. The monoisotopic (exact) mass is 534 g/mol. The molecule has 0 radical (unpaired) electrons. The maximum absolute atomic E-state index is 13.0. The van der Waals surface area contributed by atoms with Gasteiger partial charge in [-0.2, -0.15) is 13.2 Å². The molecule has 0 atom stereocenters. The SMILES string of the molecule is O=C(NCCCN(C(=O)Nc1cccc(C(F)(F)F)c1)c1ccccc1)Nc1cccc(Br)c1. The topological polar surface area (TPSA) is 73.5 Å². The zero-order chi connectivity index (χ0) is 24.6. The molecule has 0 spiro atoms. The summed E-state index contributed by atoms with van der Waals surface area (Å²) in [7, 11) is 0. The number of urea groups is 2. The molecule has 0 heterocycles. The standard InChI is InChI=1S/C24H22BrF3N4O2/c25-18-8-5-10-20(16-18)30-22(33)29-13-6-14-32(21-11-2-1-3-12-21)23(34)31-19-9-4-7-17(15-19)24(26,27)28/h1-5,7-12,15-16H,6,13-14H2,(H,31,34)(H2,29,30,33). The van der Waals surface area contributed by atoms with Crippen molar-refractivity contribution in [2.45, 2.75) is 12.6 Å². The summed E-state index contributed by atoms with van der Waals surface area (Å²) in [6.45, 7) is 0.506. The minimum atomic E-state index is -4.51. The number of anilines is 3. The number of benzene rings is 3. The zero-order valence-corrected chi connectivity index (χ0v) is 19.5. The van der Waals surface area contributed by atoms with Crippen LogP contribution >= 0.6 is 15.9 Å². The lowest BCUT2D eigenvalue weighted by molar-refractivity contribution is -0.137. The highest BCUT2D eigenvalue weighted by Crippen LogP contribution is 2.30. The molecule has 0 saturated carbocycles. The van der Waals surface area contributed by atoms with Crippen LogP contribution in [0.25, 0.3) is 0 Å². The number of para-hydroxylation sites is 1. The average molecular weight is 535 g/mol. The Morgan fingerprint density at radius 1 is 0.853 bits per heavy atom. The van der Waals surface area contributed by atoms with Crippen molar-refractivity contribution in [3.63, 3.8) is 0 Å². The lowest BCUT2D eigenvalue weighted by Crippen LogP contribution is -2.38. The molecule has 3 aromatic carbocycles. The largest absolute Gasteiger partial charge is 0.416 e. The van der Waals surface area contributed by atoms with Crippen LogP contribution in [0.4, 0.5) is 39.8 Å². The molecule has 0 bridgehead atoms. The Kier molecular flexibility index (Phi) is 8.53. The van der Waals surface area contributed by atoms with Crippen LogP contribution in [0, 0.1) is 0 Å². The van der Waals surface area contributed by atoms with Gasteiger partial charge in [0.25, 0.3) is 0 Å². The van der Waals surface area contributed by atoms with Gasteiger partial charge >= 0.3 is 18.2 Å². The van der Waals surface area contributed by atoms with Gasteiger partial charge in [0.1, 0.15) is 0 Å². The number of hydrogen-bond acceptors (Lipinski definition) is 2. The Morgan fingerprint density at radius 3 is 2.21 bits per heavy atom. The quantitative estimate of drug-likeness (QED) is 0.294. The number of rotatable bonds is 7. The summed E-state index contributed by atoms with van der Waals surface area (Å²) in [5, 5.41) is 7.96. The predicted molar refractivity (Wildman–Crippen MR) is 130 cm³/mol. The Labute approximate surface area is 203 Å². The van der Waals surface area contributed by atoms with E-state index in [-0.39, 0.29) is 18.8 Å². The van der Waals surface area contributed by atoms with Crippen LogP contribution in [0.3, 0.4) is 0 Å². The first-order valence-corrected chi connectivity index (χ1v) is 11.1. The first kappa shape index (κ1) is 25.1. The van der Waals surface area contributed by atoms with E-state index in [2.05, 4.69) is 31.9 Å². The van der Waals surface area contributed by atoms with Gasteiger partial charge < -0.3 is 16.0 Å². The van der Waals surface area contributed by atoms with Crippen LogP contribution in [-0.2, 0) is 6.18 Å². The summed E-state index contributed by atoms with van der Waals surface area (Å²) in [5.41, 5.74) is 0.383. The predicted octanol–water partition coefficient (Wildman–Crippen LogP) is 6.72. The second-order valence-electron chi connectivity index (χ2n) is 7.24. The van der Waals surface area contributed by atoms with Crippen LogP contribution in [0.15, 0.2) is 83.3 Å². The van der Waals surface area contributed by atoms with Crippen molar-refractivity contribution in [3.05, 3.63) is 88.9 Å². The minimum absolute atomic E-state index is 0.0345. The number of nitrogens with one attached hydrogen (secondary N) is 3. The van der Waals surface area contributed by atoms with E-state index in [1.54, 1.807) is 48.5 Å². The van der Waals surface area contributed by atoms with E-state index in [1.807, 2.05) is 6.07 Å². The van der Waals surface area contributed by atoms with Gasteiger partial charge in [0.2, 0.25) is 0 Å². The zero-order valence-electron chi connectivity index (χ0n) is 17.9. The normalized spacial score (nSPS) is 10.9. The summed E-state index contributed by atoms with van der Waals surface area (Å²) in [4.78, 5) is 26.4. The number of nitrogens with zero attached hydrogens (tertiary/aromatic N) is 1. The molecule has 0 aromatic heterocycles. The van der Waals surface area contributed by atoms with Crippen molar-refractivity contribution in [3.8, 4) is 0 Å². The Morgan fingerprint density at radius 2 is 1.53 bits per heavy atom. The minimum Gasteiger partial charge on any atom is -0.338 e. The van der Waals surface area contributed by atoms with Crippen LogP contribution in [-0.4, -0.2) is 25.2 Å². The highest BCUT2D eigenvalue weighted by molar-refractivity contribution is 9.10. The molecular weight excluding hydrogens is 513 g/mol. The van der Waals surface area contributed by atoms with Crippen molar-refractivity contribution in [2.75, 3.05) is 28.6 Å². The van der Waals surface area contributed by atoms with Crippen LogP contribution in [0.1, 0.15) is 12.0 Å². The Balaban J connectivity index is 1.59. The first-order chi connectivity index (χ1) is 16.2. The lowest BCUT2D eigenvalue weighted by Gasteiger charge is -2.23. The molecule has 0 aliphatic rings. The van der Waals surface area contributed by atoms with Gasteiger partial charge in [-0.25, -0.2) is 9.59 Å². The van der Waals surface area contributed by atoms with E-state index >= 15 is 0 Å². The highest BCUT2D eigenvalue weighted by Gasteiger charge is 2.30. The summed E-state index contributed by atoms with van der Waals surface area (Å²) in [6, 6.07) is 19.4. The number of carbonyl (C=O) groups excluding carboxylic acids is 2. The molecule has 10 heteroatoms. The molecule has 3 aromatic rings. The summed E-state index contributed by atoms with van der Waals surface area (Å²) in [5.74, 6) is 0. The fraction of sp³-hybridized carbons (Fsp3) is 0.167. The summed E-state index contributed by atoms with van der Waals surface area (Å²) in [6.07, 6.45) is -4.10. The van der Waals surface area contributed by atoms with Gasteiger partial charge in [-0.15, -0.1) is 0 Å². The third-order valence-electron chi connectivity index (χ3n) is 4.68. The molecule has 0 unspecified atom stereocenters. The third-order valence-corrected chi connectivity index (χ3v) is 5.17. The van der Waals surface area contributed by atoms with E-state index in [0.29, 0.717) is 17.8 Å². The molecule has 0 saturated heterocycles. The molecular formula is C24H22BrF3N4O2. The van der Waals surface area contributed by atoms with E-state index in [4.69, 9.17) is 0 Å². The number of amides is 4. The maximum atomic E-state index is 13.0. The molecule has 34 heavy (non-hydrogen) atoms. The fourth-order valence-corrected chi connectivity index (χ4v) is 3.50. The lowest BCUT2D eigenvalue weighted by atomic mass is 10.2. The number of halogens is 4. The van der Waals surface area contributed by atoms with Gasteiger partial charge in [0.15, 0.2) is 0 Å². The van der Waals surface area contributed by atoms with Crippen LogP contribution in [0.5, 0.6) is 0 Å². The van der Waals surface area contributed by atoms with Crippen molar-refractivity contribution in [1.29, 1.82) is 0 Å². The highest BCUT2D eigenvalue weighted by atomic mass is 79.9. The first-order valence-electron chi connectivity index (χ1n) is 10.3. The Bertz CT molecular complexity index is 1130. The van der Waals surface area contributed by atoms with Crippen molar-refractivity contribution < 1.29 is 22.8 Å². The summed E-state index contributed by atoms with van der Waals surface area (Å²) >= 11 is 3.33. The van der Waals surface area contributed by atoms with Crippen molar-refractivity contribution in [2.24, 2.45) is 0 Å². The molecule has 3 N–H and O–H groups in total. The second-order valence-corrected chi connectivity index (χ2v) is 8.16. The summed E-state index contributed by atoms with van der Waals surface area (Å²) < 4.78 is 39.8. The maximum Gasteiger partial charge on any atom is 0.416 e. The second kappa shape index (κ2) is 11.6. The average Bonchev–Trinajstić information content (AvgIpc) is 2.79. The van der Waals surface area contributed by atoms with Crippen molar-refractivity contribution in [1.82, 2.24) is 5.32 Å². The van der Waals surface area contributed by atoms with E-state index in [1.165, 1.54) is 17.0 Å². The number of hydrogen-bond donors (Lipinski definition) is 3. The number of carbonyl (C=O) groups is 2. The van der Waals surface area contributed by atoms with Gasteiger partial charge in [-0.1, -0.05) is 46.3 Å². The van der Waals surface area contributed by atoms with E-state index in [9.17, 15) is 22.8 Å². The Hall–Kier alpha value is -3.53. The van der Waals surface area contributed by atoms with E-state index in [0.717, 1.165) is 16.6 Å². The molecule has 6 nitrogen and oxygen atoms in total. The molecule has 178 valence electrons. The molecule has 3 rings (SSSR count).